The highest BCUT2D eigenvalue weighted by Crippen LogP contribution is 2.45. The zero-order valence-corrected chi connectivity index (χ0v) is 53.0. The van der Waals surface area contributed by atoms with Gasteiger partial charge in [0.2, 0.25) is 0 Å². The van der Waals surface area contributed by atoms with Crippen LogP contribution in [-0.2, 0) is 65.4 Å². The molecule has 17 nitrogen and oxygen atoms in total. The molecule has 0 aromatic rings. The van der Waals surface area contributed by atoms with Crippen LogP contribution in [-0.4, -0.2) is 96.7 Å². The number of aliphatic hydroxyl groups is 1. The van der Waals surface area contributed by atoms with Crippen LogP contribution in [0.5, 0.6) is 0 Å². The van der Waals surface area contributed by atoms with Crippen LogP contribution in [0.3, 0.4) is 0 Å². The van der Waals surface area contributed by atoms with Crippen LogP contribution in [0.25, 0.3) is 0 Å². The Morgan fingerprint density at radius 3 is 0.850 bits per heavy atom. The molecular weight excluding hydrogens is 1070 g/mol. The van der Waals surface area contributed by atoms with Crippen LogP contribution in [0.2, 0.25) is 0 Å². The number of carbonyl (C=O) groups is 4. The van der Waals surface area contributed by atoms with Crippen LogP contribution in [0.4, 0.5) is 0 Å². The molecule has 474 valence electrons. The van der Waals surface area contributed by atoms with Crippen LogP contribution in [0, 0.1) is 5.92 Å². The molecule has 0 heterocycles. The van der Waals surface area contributed by atoms with Gasteiger partial charge in [0.15, 0.2) is 12.2 Å². The molecule has 0 spiro atoms. The standard InChI is InChI=1S/C61H118O17P2/c1-6-9-12-15-18-21-25-30-35-40-45-59(64)72-51-57(78-61(66)47-42-37-32-27-23-24-28-33-38-43-54(4)5)53-76-80(69,70)74-49-55(62)48-73-79(67,68)75-52-56(50-71-58(63)44-39-34-29-20-17-14-11-8-3)77-60(65)46-41-36-31-26-22-19-16-13-10-7-2/h54-57,62H,6-53H2,1-5H3,(H,67,68)(H,69,70)/t55-,56+,57+/m0/s1. The Hall–Kier alpha value is -1.94. The first-order valence-electron chi connectivity index (χ1n) is 32.1. The molecule has 0 fully saturated rings. The smallest absolute Gasteiger partial charge is 0.462 e. The maximum absolute atomic E-state index is 12.9. The molecule has 0 rings (SSSR count). The minimum Gasteiger partial charge on any atom is -0.462 e. The monoisotopic (exact) mass is 1180 g/mol. The van der Waals surface area contributed by atoms with E-state index in [1.165, 1.54) is 122 Å². The second-order valence-electron chi connectivity index (χ2n) is 22.6. The number of hydrogen-bond acceptors (Lipinski definition) is 15. The first kappa shape index (κ1) is 78.1. The van der Waals surface area contributed by atoms with Crippen molar-refractivity contribution in [2.75, 3.05) is 39.6 Å². The average Bonchev–Trinajstić information content (AvgIpc) is 3.42. The number of unbranched alkanes of at least 4 members (excludes halogenated alkanes) is 33. The topological polar surface area (TPSA) is 237 Å². The molecule has 3 N–H and O–H groups in total. The molecule has 2 unspecified atom stereocenters. The molecule has 0 saturated heterocycles. The molecule has 0 aliphatic carbocycles. The number of ether oxygens (including phenoxy) is 4. The fourth-order valence-electron chi connectivity index (χ4n) is 9.05. The van der Waals surface area contributed by atoms with E-state index in [0.29, 0.717) is 25.7 Å². The summed E-state index contributed by atoms with van der Waals surface area (Å²) in [6.07, 6.45) is 37.5. The summed E-state index contributed by atoms with van der Waals surface area (Å²) in [5.41, 5.74) is 0. The maximum Gasteiger partial charge on any atom is 0.472 e. The fraction of sp³-hybridized carbons (Fsp3) is 0.934. The molecule has 0 aromatic carbocycles. The summed E-state index contributed by atoms with van der Waals surface area (Å²) in [5, 5.41) is 10.5. The zero-order chi connectivity index (χ0) is 59.2. The van der Waals surface area contributed by atoms with Gasteiger partial charge in [0.1, 0.15) is 19.3 Å². The first-order valence-corrected chi connectivity index (χ1v) is 35.1. The van der Waals surface area contributed by atoms with Gasteiger partial charge < -0.3 is 33.8 Å². The summed E-state index contributed by atoms with van der Waals surface area (Å²) in [6, 6.07) is 0. The largest absolute Gasteiger partial charge is 0.472 e. The summed E-state index contributed by atoms with van der Waals surface area (Å²) in [5.74, 6) is -1.40. The van der Waals surface area contributed by atoms with E-state index in [-0.39, 0.29) is 25.7 Å². The minimum absolute atomic E-state index is 0.105. The van der Waals surface area contributed by atoms with Crippen molar-refractivity contribution in [2.24, 2.45) is 5.92 Å². The molecular formula is C61H118O17P2. The molecule has 0 aliphatic rings. The Morgan fingerprint density at radius 1 is 0.338 bits per heavy atom. The normalized spacial score (nSPS) is 14.3. The van der Waals surface area contributed by atoms with Crippen molar-refractivity contribution >= 4 is 39.5 Å². The molecule has 0 saturated carbocycles. The van der Waals surface area contributed by atoms with Gasteiger partial charge in [-0.3, -0.25) is 37.3 Å². The number of aliphatic hydroxyl groups excluding tert-OH is 1. The van der Waals surface area contributed by atoms with Crippen LogP contribution < -0.4 is 0 Å². The number of rotatable bonds is 61. The van der Waals surface area contributed by atoms with Crippen LogP contribution in [0.1, 0.15) is 304 Å². The summed E-state index contributed by atoms with van der Waals surface area (Å²) < 4.78 is 67.8. The van der Waals surface area contributed by atoms with Gasteiger partial charge in [-0.15, -0.1) is 0 Å². The number of phosphoric acid groups is 2. The van der Waals surface area contributed by atoms with Gasteiger partial charge in [-0.2, -0.15) is 0 Å². The Morgan fingerprint density at radius 2 is 0.575 bits per heavy atom. The molecule has 0 bridgehead atoms. The number of carbonyl (C=O) groups excluding carboxylic acids is 4. The average molecular weight is 1190 g/mol. The molecule has 0 aliphatic heterocycles. The Labute approximate surface area is 486 Å². The summed E-state index contributed by atoms with van der Waals surface area (Å²) >= 11 is 0. The van der Waals surface area contributed by atoms with E-state index < -0.39 is 97.5 Å². The molecule has 0 amide bonds. The highest BCUT2D eigenvalue weighted by Gasteiger charge is 2.30. The van der Waals surface area contributed by atoms with Gasteiger partial charge in [-0.05, 0) is 31.6 Å². The highest BCUT2D eigenvalue weighted by atomic mass is 31.2. The third-order valence-corrected chi connectivity index (χ3v) is 15.9. The lowest BCUT2D eigenvalue weighted by Gasteiger charge is -2.21. The number of esters is 4. The minimum atomic E-state index is -4.94. The maximum atomic E-state index is 12.9. The summed E-state index contributed by atoms with van der Waals surface area (Å²) in [7, 11) is -9.87. The Balaban J connectivity index is 5.22. The van der Waals surface area contributed by atoms with Gasteiger partial charge in [0.25, 0.3) is 0 Å². The van der Waals surface area contributed by atoms with Crippen molar-refractivity contribution in [2.45, 2.75) is 323 Å². The Kier molecular flexibility index (Phi) is 53.6. The molecule has 80 heavy (non-hydrogen) atoms. The van der Waals surface area contributed by atoms with Crippen molar-refractivity contribution in [3.05, 3.63) is 0 Å². The summed E-state index contributed by atoms with van der Waals surface area (Å²) in [6.45, 7) is 7.11. The number of phosphoric ester groups is 2. The second-order valence-corrected chi connectivity index (χ2v) is 25.5. The van der Waals surface area contributed by atoms with E-state index in [1.807, 2.05) is 0 Å². The lowest BCUT2D eigenvalue weighted by molar-refractivity contribution is -0.161. The highest BCUT2D eigenvalue weighted by molar-refractivity contribution is 7.47. The van der Waals surface area contributed by atoms with Gasteiger partial charge in [-0.25, -0.2) is 9.13 Å². The van der Waals surface area contributed by atoms with Crippen LogP contribution in [0.15, 0.2) is 0 Å². The fourth-order valence-corrected chi connectivity index (χ4v) is 10.6. The third kappa shape index (κ3) is 55.3. The zero-order valence-electron chi connectivity index (χ0n) is 51.2. The second kappa shape index (κ2) is 55.0. The third-order valence-electron chi connectivity index (χ3n) is 14.0. The SMILES string of the molecule is CCCCCCCCCCCCC(=O)OC[C@H](COP(=O)(O)OC[C@@H](O)COP(=O)(O)OC[C@@H](COC(=O)CCCCCCCCCC)OC(=O)CCCCCCCCCCCC)OC(=O)CCCCCCCCCCCC(C)C. The lowest BCUT2D eigenvalue weighted by atomic mass is 10.0. The Bertz CT molecular complexity index is 1570. The van der Waals surface area contributed by atoms with Crippen molar-refractivity contribution in [3.63, 3.8) is 0 Å². The molecule has 19 heteroatoms. The van der Waals surface area contributed by atoms with E-state index >= 15 is 0 Å². The quantitative estimate of drug-likeness (QED) is 0.0222. The van der Waals surface area contributed by atoms with Crippen LogP contribution >= 0.6 is 15.6 Å². The van der Waals surface area contributed by atoms with Crippen molar-refractivity contribution in [1.29, 1.82) is 0 Å². The van der Waals surface area contributed by atoms with Gasteiger partial charge in [0, 0.05) is 25.7 Å². The molecule has 0 aromatic heterocycles. The van der Waals surface area contributed by atoms with Gasteiger partial charge in [0.05, 0.1) is 26.4 Å². The van der Waals surface area contributed by atoms with Crippen molar-refractivity contribution in [1.82, 2.24) is 0 Å². The van der Waals surface area contributed by atoms with Gasteiger partial charge >= 0.3 is 39.5 Å². The van der Waals surface area contributed by atoms with Gasteiger partial charge in [-0.1, -0.05) is 253 Å². The van der Waals surface area contributed by atoms with E-state index in [4.69, 9.17) is 37.0 Å². The molecule has 5 atom stereocenters. The first-order chi connectivity index (χ1) is 38.5. The molecule has 0 radical (unpaired) electrons. The van der Waals surface area contributed by atoms with Crippen molar-refractivity contribution < 1.29 is 80.2 Å². The van der Waals surface area contributed by atoms with E-state index in [1.54, 1.807) is 0 Å². The van der Waals surface area contributed by atoms with E-state index in [0.717, 1.165) is 102 Å². The van der Waals surface area contributed by atoms with Crippen molar-refractivity contribution in [3.8, 4) is 0 Å². The predicted molar refractivity (Wildman–Crippen MR) is 317 cm³/mol. The lowest BCUT2D eigenvalue weighted by Crippen LogP contribution is -2.30. The van der Waals surface area contributed by atoms with E-state index in [2.05, 4.69) is 34.6 Å². The summed E-state index contributed by atoms with van der Waals surface area (Å²) in [4.78, 5) is 72.0. The van der Waals surface area contributed by atoms with E-state index in [9.17, 15) is 43.2 Å². The number of hydrogen-bond donors (Lipinski definition) is 3. The predicted octanol–water partition coefficient (Wildman–Crippen LogP) is 16.6.